The van der Waals surface area contributed by atoms with Crippen LogP contribution in [0.25, 0.3) is 0 Å². The van der Waals surface area contributed by atoms with Crippen LogP contribution in [0.15, 0.2) is 18.2 Å². The molecule has 1 aromatic carbocycles. The van der Waals surface area contributed by atoms with Gasteiger partial charge in [-0.05, 0) is 31.5 Å². The van der Waals surface area contributed by atoms with Crippen molar-refractivity contribution >= 4 is 45.7 Å². The molecule has 1 atom stereocenters. The third-order valence-electron chi connectivity index (χ3n) is 4.32. The molecular formula is C20H24ClFN3O4S+. The van der Waals surface area contributed by atoms with E-state index in [1.54, 1.807) is 27.0 Å². The van der Waals surface area contributed by atoms with Gasteiger partial charge in [0.15, 0.2) is 6.54 Å². The van der Waals surface area contributed by atoms with Crippen LogP contribution >= 0.6 is 22.9 Å². The topological polar surface area (TPSA) is 88.9 Å². The summed E-state index contributed by atoms with van der Waals surface area (Å²) >= 11 is 7.05. The summed E-state index contributed by atoms with van der Waals surface area (Å²) in [6.07, 6.45) is 0. The predicted octanol–water partition coefficient (Wildman–Crippen LogP) is 2.04. The van der Waals surface area contributed by atoms with Crippen molar-refractivity contribution in [2.75, 3.05) is 32.6 Å². The van der Waals surface area contributed by atoms with Crippen LogP contribution in [0.4, 0.5) is 9.39 Å². The average Bonchev–Trinajstić information content (AvgIpc) is 3.00. The maximum Gasteiger partial charge on any atom is 0.341 e. The van der Waals surface area contributed by atoms with E-state index in [2.05, 4.69) is 10.6 Å². The number of carbonyl (C=O) groups excluding carboxylic acids is 3. The summed E-state index contributed by atoms with van der Waals surface area (Å²) in [5.74, 6) is -1.80. The Morgan fingerprint density at radius 3 is 2.60 bits per heavy atom. The van der Waals surface area contributed by atoms with Crippen molar-refractivity contribution in [3.63, 3.8) is 0 Å². The number of hydrogen-bond donors (Lipinski definition) is 3. The third kappa shape index (κ3) is 5.56. The first-order valence-corrected chi connectivity index (χ1v) is 10.5. The van der Waals surface area contributed by atoms with E-state index < -0.39 is 17.7 Å². The van der Waals surface area contributed by atoms with Gasteiger partial charge in [0, 0.05) is 7.05 Å². The van der Waals surface area contributed by atoms with Crippen molar-refractivity contribution in [2.24, 2.45) is 0 Å². The van der Waals surface area contributed by atoms with Crippen molar-refractivity contribution in [1.29, 1.82) is 0 Å². The fourth-order valence-corrected chi connectivity index (χ4v) is 4.28. The molecule has 162 valence electrons. The molecule has 30 heavy (non-hydrogen) atoms. The molecule has 1 aromatic heterocycles. The number of benzene rings is 1. The van der Waals surface area contributed by atoms with E-state index in [4.69, 9.17) is 16.3 Å². The van der Waals surface area contributed by atoms with Crippen molar-refractivity contribution in [1.82, 2.24) is 5.32 Å². The summed E-state index contributed by atoms with van der Waals surface area (Å²) in [6, 6.07) is 4.42. The van der Waals surface area contributed by atoms with Crippen molar-refractivity contribution < 1.29 is 28.4 Å². The van der Waals surface area contributed by atoms with Crippen LogP contribution in [0, 0.1) is 12.7 Å². The largest absolute Gasteiger partial charge is 0.462 e. The molecule has 0 saturated carbocycles. The minimum absolute atomic E-state index is 0.000810. The molecule has 0 fully saturated rings. The number of amides is 2. The van der Waals surface area contributed by atoms with Crippen LogP contribution in [0.5, 0.6) is 0 Å². The summed E-state index contributed by atoms with van der Waals surface area (Å²) in [5.41, 5.74) is 0.918. The Kier molecular flexibility index (Phi) is 8.33. The number of ether oxygens (including phenoxy) is 1. The number of nitrogens with one attached hydrogen (secondary N) is 3. The summed E-state index contributed by atoms with van der Waals surface area (Å²) in [5, 5.41) is 5.74. The smallest absolute Gasteiger partial charge is 0.341 e. The Hall–Kier alpha value is -2.49. The number of quaternary nitrogens is 1. The second-order valence-electron chi connectivity index (χ2n) is 6.62. The molecule has 10 heteroatoms. The number of thiophene rings is 1. The van der Waals surface area contributed by atoms with Gasteiger partial charge in [-0.2, -0.15) is 0 Å². The van der Waals surface area contributed by atoms with Gasteiger partial charge in [0.25, 0.3) is 11.8 Å². The summed E-state index contributed by atoms with van der Waals surface area (Å²) < 4.78 is 19.0. The first kappa shape index (κ1) is 23.8. The Morgan fingerprint density at radius 2 is 2.00 bits per heavy atom. The first-order valence-electron chi connectivity index (χ1n) is 9.26. The average molecular weight is 457 g/mol. The molecule has 2 amide bonds. The van der Waals surface area contributed by atoms with Gasteiger partial charge in [0.2, 0.25) is 0 Å². The molecule has 0 radical (unpaired) electrons. The molecule has 3 N–H and O–H groups in total. The van der Waals surface area contributed by atoms with Gasteiger partial charge in [-0.25, -0.2) is 9.18 Å². The fourth-order valence-electron chi connectivity index (χ4n) is 2.89. The molecular weight excluding hydrogens is 433 g/mol. The Labute approximate surface area is 183 Å². The molecule has 2 aromatic rings. The lowest BCUT2D eigenvalue weighted by atomic mass is 10.1. The number of carbonyl (C=O) groups is 3. The zero-order valence-corrected chi connectivity index (χ0v) is 18.7. The highest BCUT2D eigenvalue weighted by Gasteiger charge is 2.27. The Morgan fingerprint density at radius 1 is 1.30 bits per heavy atom. The number of esters is 1. The summed E-state index contributed by atoms with van der Waals surface area (Å²) in [6.45, 7) is 3.66. The lowest BCUT2D eigenvalue weighted by Gasteiger charge is -2.15. The first-order chi connectivity index (χ1) is 14.2. The standard InChI is InChI=1S/C20H23ClFN3O4S/c1-5-29-20(28)16-11(2)17(18(27)23-3)30-19(16)24-15(26)10-25(4)9-12-13(21)7-6-8-14(12)22/h6-8H,5,9-10H2,1-4H3,(H,23,27)(H,24,26)/p+1. The van der Waals surface area contributed by atoms with Crippen molar-refractivity contribution in [2.45, 2.75) is 20.4 Å². The van der Waals surface area contributed by atoms with Crippen molar-refractivity contribution in [3.8, 4) is 0 Å². The van der Waals surface area contributed by atoms with Crippen molar-refractivity contribution in [3.05, 3.63) is 50.6 Å². The van der Waals surface area contributed by atoms with Crippen LogP contribution < -0.4 is 15.5 Å². The summed E-state index contributed by atoms with van der Waals surface area (Å²) in [7, 11) is 3.21. The number of rotatable bonds is 8. The molecule has 7 nitrogen and oxygen atoms in total. The molecule has 0 aliphatic rings. The monoisotopic (exact) mass is 456 g/mol. The maximum absolute atomic E-state index is 14.0. The second kappa shape index (κ2) is 10.5. The lowest BCUT2D eigenvalue weighted by molar-refractivity contribution is -0.885. The number of likely N-dealkylation sites (N-methyl/N-ethyl adjacent to an activating group) is 1. The quantitative estimate of drug-likeness (QED) is 0.530. The highest BCUT2D eigenvalue weighted by molar-refractivity contribution is 7.18. The van der Waals surface area contributed by atoms with Gasteiger partial charge < -0.3 is 20.3 Å². The molecule has 1 unspecified atom stereocenters. The van der Waals surface area contributed by atoms with E-state index in [1.165, 1.54) is 19.2 Å². The Bertz CT molecular complexity index is 944. The van der Waals surface area contributed by atoms with Gasteiger partial charge >= 0.3 is 5.97 Å². The van der Waals surface area contributed by atoms with Crippen LogP contribution in [0.1, 0.15) is 38.1 Å². The third-order valence-corrected chi connectivity index (χ3v) is 5.88. The molecule has 0 aliphatic heterocycles. The molecule has 0 bridgehead atoms. The molecule has 1 heterocycles. The molecule has 0 saturated heterocycles. The van der Waals surface area contributed by atoms with Crippen LogP contribution in [-0.4, -0.2) is 45.0 Å². The maximum atomic E-state index is 14.0. The van der Waals surface area contributed by atoms with Crippen LogP contribution in [-0.2, 0) is 16.1 Å². The molecule has 0 aliphatic carbocycles. The number of halogens is 2. The zero-order chi connectivity index (χ0) is 22.4. The highest BCUT2D eigenvalue weighted by Crippen LogP contribution is 2.33. The van der Waals surface area contributed by atoms with Gasteiger partial charge in [-0.3, -0.25) is 9.59 Å². The van der Waals surface area contributed by atoms with E-state index in [0.717, 1.165) is 11.3 Å². The highest BCUT2D eigenvalue weighted by atomic mass is 35.5. The summed E-state index contributed by atoms with van der Waals surface area (Å²) in [4.78, 5) is 38.0. The lowest BCUT2D eigenvalue weighted by Crippen LogP contribution is -3.08. The minimum atomic E-state index is -0.615. The van der Waals surface area contributed by atoms with E-state index in [9.17, 15) is 18.8 Å². The second-order valence-corrected chi connectivity index (χ2v) is 8.05. The fraction of sp³-hybridized carbons (Fsp3) is 0.350. The number of hydrogen-bond acceptors (Lipinski definition) is 5. The predicted molar refractivity (Wildman–Crippen MR) is 114 cm³/mol. The van der Waals surface area contributed by atoms with Gasteiger partial charge in [-0.1, -0.05) is 17.7 Å². The Balaban J connectivity index is 2.19. The van der Waals surface area contributed by atoms with E-state index >= 15 is 0 Å². The molecule has 0 spiro atoms. The minimum Gasteiger partial charge on any atom is -0.462 e. The van der Waals surface area contributed by atoms with E-state index in [0.29, 0.717) is 25.9 Å². The normalized spacial score (nSPS) is 11.7. The SMILES string of the molecule is CCOC(=O)c1c(NC(=O)C[NH+](C)Cc2c(F)cccc2Cl)sc(C(=O)NC)c1C. The van der Waals surface area contributed by atoms with Gasteiger partial charge in [0.1, 0.15) is 17.4 Å². The molecule has 2 rings (SSSR count). The van der Waals surface area contributed by atoms with E-state index in [1.807, 2.05) is 0 Å². The van der Waals surface area contributed by atoms with Crippen LogP contribution in [0.3, 0.4) is 0 Å². The zero-order valence-electron chi connectivity index (χ0n) is 17.2. The van der Waals surface area contributed by atoms with Gasteiger partial charge in [-0.15, -0.1) is 11.3 Å². The van der Waals surface area contributed by atoms with Crippen LogP contribution in [0.2, 0.25) is 5.02 Å². The number of anilines is 1. The van der Waals surface area contributed by atoms with Gasteiger partial charge in [0.05, 0.1) is 34.7 Å². The van der Waals surface area contributed by atoms with E-state index in [-0.39, 0.29) is 36.2 Å².